The number of hydrogen-bond acceptors (Lipinski definition) is 3. The zero-order valence-corrected chi connectivity index (χ0v) is 12.4. The predicted octanol–water partition coefficient (Wildman–Crippen LogP) is 2.27. The van der Waals surface area contributed by atoms with Crippen molar-refractivity contribution in [2.75, 3.05) is 33.3 Å². The zero-order valence-electron chi connectivity index (χ0n) is 12.4. The summed E-state index contributed by atoms with van der Waals surface area (Å²) in [7, 11) is 2.07. The SMILES string of the molecule is CCC1(C)CC(N2CCCC(CNC)C2)CCO1. The molecule has 0 saturated carbocycles. The number of nitrogens with one attached hydrogen (secondary N) is 1. The molecule has 2 rings (SSSR count). The van der Waals surface area contributed by atoms with Gasteiger partial charge in [-0.3, -0.25) is 4.90 Å². The minimum Gasteiger partial charge on any atom is -0.375 e. The van der Waals surface area contributed by atoms with E-state index in [4.69, 9.17) is 4.74 Å². The third-order valence-electron chi connectivity index (χ3n) is 4.88. The molecule has 0 aromatic rings. The van der Waals surface area contributed by atoms with Crippen LogP contribution >= 0.6 is 0 Å². The van der Waals surface area contributed by atoms with Crippen molar-refractivity contribution in [3.63, 3.8) is 0 Å². The molecule has 0 aromatic carbocycles. The number of rotatable bonds is 4. The van der Waals surface area contributed by atoms with Crippen LogP contribution in [0.4, 0.5) is 0 Å². The largest absolute Gasteiger partial charge is 0.375 e. The van der Waals surface area contributed by atoms with Gasteiger partial charge in [0.15, 0.2) is 0 Å². The van der Waals surface area contributed by atoms with Gasteiger partial charge in [0.2, 0.25) is 0 Å². The normalized spacial score (nSPS) is 38.8. The van der Waals surface area contributed by atoms with E-state index in [1.54, 1.807) is 0 Å². The van der Waals surface area contributed by atoms with Crippen molar-refractivity contribution >= 4 is 0 Å². The Kier molecular flexibility index (Phi) is 5.05. The molecular weight excluding hydrogens is 224 g/mol. The van der Waals surface area contributed by atoms with Crippen LogP contribution in [0, 0.1) is 5.92 Å². The molecule has 106 valence electrons. The summed E-state index contributed by atoms with van der Waals surface area (Å²) in [6, 6.07) is 0.753. The van der Waals surface area contributed by atoms with E-state index in [1.165, 1.54) is 45.3 Å². The first kappa shape index (κ1) is 14.3. The summed E-state index contributed by atoms with van der Waals surface area (Å²) in [6.45, 7) is 9.24. The fourth-order valence-electron chi connectivity index (χ4n) is 3.54. The summed E-state index contributed by atoms with van der Waals surface area (Å²) < 4.78 is 5.97. The van der Waals surface area contributed by atoms with Crippen LogP contribution in [0.25, 0.3) is 0 Å². The van der Waals surface area contributed by atoms with Gasteiger partial charge in [-0.05, 0) is 65.1 Å². The molecule has 0 spiro atoms. The van der Waals surface area contributed by atoms with Crippen LogP contribution in [-0.4, -0.2) is 49.8 Å². The lowest BCUT2D eigenvalue weighted by Crippen LogP contribution is -2.51. The average molecular weight is 254 g/mol. The standard InChI is InChI=1S/C15H30N2O/c1-4-15(2)10-14(7-9-18-15)17-8-5-6-13(12-17)11-16-3/h13-14,16H,4-12H2,1-3H3. The van der Waals surface area contributed by atoms with Crippen LogP contribution in [-0.2, 0) is 4.74 Å². The minimum absolute atomic E-state index is 0.124. The minimum atomic E-state index is 0.124. The molecule has 0 aliphatic carbocycles. The van der Waals surface area contributed by atoms with Gasteiger partial charge in [-0.15, -0.1) is 0 Å². The molecule has 3 heteroatoms. The second-order valence-electron chi connectivity index (χ2n) is 6.36. The van der Waals surface area contributed by atoms with E-state index < -0.39 is 0 Å². The molecule has 0 radical (unpaired) electrons. The van der Waals surface area contributed by atoms with Crippen molar-refractivity contribution < 1.29 is 4.74 Å². The second kappa shape index (κ2) is 6.36. The van der Waals surface area contributed by atoms with Crippen LogP contribution in [0.5, 0.6) is 0 Å². The summed E-state index contributed by atoms with van der Waals surface area (Å²) in [5, 5.41) is 3.34. The Bertz CT molecular complexity index is 257. The van der Waals surface area contributed by atoms with Gasteiger partial charge in [-0.25, -0.2) is 0 Å². The molecule has 2 heterocycles. The Hall–Kier alpha value is -0.120. The summed E-state index contributed by atoms with van der Waals surface area (Å²) in [6.07, 6.45) is 6.34. The van der Waals surface area contributed by atoms with Crippen LogP contribution in [0.2, 0.25) is 0 Å². The van der Waals surface area contributed by atoms with Gasteiger partial charge in [-0.2, -0.15) is 0 Å². The Morgan fingerprint density at radius 3 is 2.94 bits per heavy atom. The van der Waals surface area contributed by atoms with Gasteiger partial charge < -0.3 is 10.1 Å². The van der Waals surface area contributed by atoms with Crippen LogP contribution in [0.1, 0.15) is 46.0 Å². The molecule has 2 aliphatic heterocycles. The molecule has 0 amide bonds. The summed E-state index contributed by atoms with van der Waals surface area (Å²) in [4.78, 5) is 2.74. The van der Waals surface area contributed by atoms with Gasteiger partial charge in [0.05, 0.1) is 5.60 Å². The maximum absolute atomic E-state index is 5.97. The quantitative estimate of drug-likeness (QED) is 0.833. The average Bonchev–Trinajstić information content (AvgIpc) is 2.40. The lowest BCUT2D eigenvalue weighted by Gasteiger charge is -2.45. The van der Waals surface area contributed by atoms with E-state index in [2.05, 4.69) is 31.1 Å². The molecular formula is C15H30N2O. The van der Waals surface area contributed by atoms with Gasteiger partial charge in [0.25, 0.3) is 0 Å². The fraction of sp³-hybridized carbons (Fsp3) is 1.00. The second-order valence-corrected chi connectivity index (χ2v) is 6.36. The third-order valence-corrected chi connectivity index (χ3v) is 4.88. The van der Waals surface area contributed by atoms with E-state index in [9.17, 15) is 0 Å². The van der Waals surface area contributed by atoms with Crippen molar-refractivity contribution in [1.29, 1.82) is 0 Å². The van der Waals surface area contributed by atoms with E-state index in [1.807, 2.05) is 0 Å². The Labute approximate surface area is 112 Å². The van der Waals surface area contributed by atoms with Crippen molar-refractivity contribution in [3.05, 3.63) is 0 Å². The van der Waals surface area contributed by atoms with Crippen LogP contribution in [0.3, 0.4) is 0 Å². The van der Waals surface area contributed by atoms with E-state index >= 15 is 0 Å². The lowest BCUT2D eigenvalue weighted by atomic mass is 9.87. The first-order chi connectivity index (χ1) is 8.67. The van der Waals surface area contributed by atoms with Crippen LogP contribution in [0.15, 0.2) is 0 Å². The Morgan fingerprint density at radius 2 is 2.22 bits per heavy atom. The maximum atomic E-state index is 5.97. The van der Waals surface area contributed by atoms with Gasteiger partial charge >= 0.3 is 0 Å². The summed E-state index contributed by atoms with van der Waals surface area (Å²) in [5.74, 6) is 0.847. The Balaban J connectivity index is 1.90. The van der Waals surface area contributed by atoms with E-state index in [0.29, 0.717) is 0 Å². The first-order valence-electron chi connectivity index (χ1n) is 7.69. The maximum Gasteiger partial charge on any atom is 0.0666 e. The van der Waals surface area contributed by atoms with Crippen molar-refractivity contribution in [3.8, 4) is 0 Å². The van der Waals surface area contributed by atoms with Crippen molar-refractivity contribution in [1.82, 2.24) is 10.2 Å². The predicted molar refractivity (Wildman–Crippen MR) is 75.9 cm³/mol. The lowest BCUT2D eigenvalue weighted by molar-refractivity contribution is -0.100. The molecule has 0 bridgehead atoms. The monoisotopic (exact) mass is 254 g/mol. The number of hydrogen-bond donors (Lipinski definition) is 1. The fourth-order valence-corrected chi connectivity index (χ4v) is 3.54. The highest BCUT2D eigenvalue weighted by Gasteiger charge is 2.35. The summed E-state index contributed by atoms with van der Waals surface area (Å²) in [5.41, 5.74) is 0.124. The highest BCUT2D eigenvalue weighted by atomic mass is 16.5. The molecule has 3 nitrogen and oxygen atoms in total. The topological polar surface area (TPSA) is 24.5 Å². The molecule has 2 fully saturated rings. The third kappa shape index (κ3) is 3.46. The molecule has 3 atom stereocenters. The van der Waals surface area contributed by atoms with Crippen molar-refractivity contribution in [2.45, 2.75) is 57.6 Å². The van der Waals surface area contributed by atoms with E-state index in [-0.39, 0.29) is 5.60 Å². The molecule has 2 saturated heterocycles. The smallest absolute Gasteiger partial charge is 0.0666 e. The number of ether oxygens (including phenoxy) is 1. The molecule has 1 N–H and O–H groups in total. The summed E-state index contributed by atoms with van der Waals surface area (Å²) >= 11 is 0. The van der Waals surface area contributed by atoms with Gasteiger partial charge in [0, 0.05) is 19.2 Å². The molecule has 18 heavy (non-hydrogen) atoms. The molecule has 0 aromatic heterocycles. The first-order valence-corrected chi connectivity index (χ1v) is 7.69. The molecule has 2 aliphatic rings. The van der Waals surface area contributed by atoms with Gasteiger partial charge in [-0.1, -0.05) is 6.92 Å². The van der Waals surface area contributed by atoms with E-state index in [0.717, 1.165) is 25.0 Å². The Morgan fingerprint density at radius 1 is 1.39 bits per heavy atom. The highest BCUT2D eigenvalue weighted by molar-refractivity contribution is 4.89. The number of piperidine rings is 1. The van der Waals surface area contributed by atoms with Gasteiger partial charge in [0.1, 0.15) is 0 Å². The zero-order chi connectivity index (χ0) is 13.0. The van der Waals surface area contributed by atoms with Crippen molar-refractivity contribution in [2.24, 2.45) is 5.92 Å². The number of likely N-dealkylation sites (tertiary alicyclic amines) is 1. The highest BCUT2D eigenvalue weighted by Crippen LogP contribution is 2.32. The van der Waals surface area contributed by atoms with Crippen LogP contribution < -0.4 is 5.32 Å². The molecule has 3 unspecified atom stereocenters. The number of nitrogens with zero attached hydrogens (tertiary/aromatic N) is 1.